The van der Waals surface area contributed by atoms with E-state index in [1.807, 2.05) is 4.74 Å². The minimum atomic E-state index is -8.02. The predicted octanol–water partition coefficient (Wildman–Crippen LogP) is 5.77. The van der Waals surface area contributed by atoms with Crippen LogP contribution in [0.4, 0.5) is 74.6 Å². The van der Waals surface area contributed by atoms with Gasteiger partial charge in [0, 0.05) is 6.04 Å². The Kier molecular flexibility index (Phi) is 8.53. The minimum absolute atomic E-state index is 0.395. The molecular weight excluding hydrogens is 541 g/mol. The Labute approximate surface area is 176 Å². The average molecular weight is 551 g/mol. The van der Waals surface area contributed by atoms with E-state index < -0.39 is 66.7 Å². The van der Waals surface area contributed by atoms with Gasteiger partial charge in [0.25, 0.3) is 5.91 Å². The molecule has 0 saturated heterocycles. The van der Waals surface area contributed by atoms with Gasteiger partial charge in [-0.25, -0.2) is 0 Å². The van der Waals surface area contributed by atoms with Crippen molar-refractivity contribution in [3.63, 3.8) is 0 Å². The molecule has 0 saturated carbocycles. The smallest absolute Gasteiger partial charge is 0.348 e. The fourth-order valence-electron chi connectivity index (χ4n) is 1.58. The molecule has 0 aromatic heterocycles. The Morgan fingerprint density at radius 3 is 1.38 bits per heavy atom. The molecule has 0 heterocycles. The van der Waals surface area contributed by atoms with E-state index in [1.54, 1.807) is 0 Å². The first-order valence-corrected chi connectivity index (χ1v) is 7.96. The number of amides is 1. The Hall–Kier alpha value is -1.80. The van der Waals surface area contributed by atoms with Crippen LogP contribution in [0.2, 0.25) is 0 Å². The minimum Gasteiger partial charge on any atom is -0.348 e. The molecule has 1 amide bonds. The van der Waals surface area contributed by atoms with Gasteiger partial charge in [-0.3, -0.25) is 14.3 Å². The van der Waals surface area contributed by atoms with E-state index in [4.69, 9.17) is 0 Å². The van der Waals surface area contributed by atoms with E-state index in [-0.39, 0.29) is 0 Å². The predicted molar refractivity (Wildman–Crippen MR) is 70.7 cm³/mol. The number of nitrogens with one attached hydrogen (secondary N) is 1. The van der Waals surface area contributed by atoms with Crippen LogP contribution < -0.4 is 5.32 Å². The lowest BCUT2D eigenvalue weighted by molar-refractivity contribution is -0.548. The Morgan fingerprint density at radius 1 is 0.676 bits per heavy atom. The summed E-state index contributed by atoms with van der Waals surface area (Å²) in [5.41, 5.74) is 0. The highest BCUT2D eigenvalue weighted by Gasteiger charge is 2.85. The van der Waals surface area contributed by atoms with Crippen molar-refractivity contribution in [3.05, 3.63) is 0 Å². The molecule has 0 aliphatic rings. The quantitative estimate of drug-likeness (QED) is 0.371. The summed E-state index contributed by atoms with van der Waals surface area (Å²) in [6.45, 7) is 1.84. The van der Waals surface area contributed by atoms with E-state index >= 15 is 0 Å². The molecule has 204 valence electrons. The van der Waals surface area contributed by atoms with E-state index in [2.05, 4.69) is 0 Å². The molecule has 0 aromatic rings. The normalized spacial score (nSPS) is 19.3. The van der Waals surface area contributed by atoms with Gasteiger partial charge in [0.05, 0.1) is 0 Å². The summed E-state index contributed by atoms with van der Waals surface area (Å²) in [4.78, 5) is 11.4. The Balaban J connectivity index is 6.73. The van der Waals surface area contributed by atoms with Gasteiger partial charge < -0.3 is 5.32 Å². The number of carbonyl (C=O) groups excluding carboxylic acids is 1. The highest BCUT2D eigenvalue weighted by Crippen LogP contribution is 2.56. The van der Waals surface area contributed by atoms with Gasteiger partial charge in [-0.2, -0.15) is 74.6 Å². The molecule has 1 N–H and O–H groups in total. The highest BCUT2D eigenvalue weighted by atomic mass is 19.4. The number of hydrogen-bond acceptors (Lipinski definition) is 3. The lowest BCUT2D eigenvalue weighted by Gasteiger charge is -2.40. The van der Waals surface area contributed by atoms with Crippen molar-refractivity contribution >= 4 is 5.91 Å². The molecule has 0 radical (unpaired) electrons. The maximum Gasteiger partial charge on any atom is 0.462 e. The molecule has 0 rings (SSSR count). The second kappa shape index (κ2) is 9.01. The van der Waals surface area contributed by atoms with Crippen LogP contribution in [0.25, 0.3) is 0 Å². The summed E-state index contributed by atoms with van der Waals surface area (Å²) < 4.78 is 223. The second-order valence-corrected chi connectivity index (χ2v) is 6.28. The Bertz CT molecular complexity index is 730. The standard InChI is InChI=1S/C13H10F17NO3/c1-3-4(2)31-5(32)6(14,9(18,19)20)33-13(29,30)8(17,11(24,25)26)34-12(27,28)7(15,16)10(21,22)23/h4H,3H2,1-2H3,(H,31,32). The number of alkyl halides is 17. The zero-order valence-electron chi connectivity index (χ0n) is 15.9. The van der Waals surface area contributed by atoms with Crippen LogP contribution in [0.5, 0.6) is 0 Å². The number of carbonyl (C=O) groups is 1. The van der Waals surface area contributed by atoms with Crippen LogP contribution >= 0.6 is 0 Å². The summed E-state index contributed by atoms with van der Waals surface area (Å²) in [7, 11) is 0. The van der Waals surface area contributed by atoms with Gasteiger partial charge >= 0.3 is 48.4 Å². The van der Waals surface area contributed by atoms with Gasteiger partial charge in [-0.05, 0) is 13.3 Å². The lowest BCUT2D eigenvalue weighted by atomic mass is 10.2. The summed E-state index contributed by atoms with van der Waals surface area (Å²) in [5, 5.41) is 0.928. The molecule has 3 atom stereocenters. The summed E-state index contributed by atoms with van der Waals surface area (Å²) >= 11 is 0. The molecule has 34 heavy (non-hydrogen) atoms. The van der Waals surface area contributed by atoms with Crippen molar-refractivity contribution in [1.82, 2.24) is 5.32 Å². The van der Waals surface area contributed by atoms with Crippen molar-refractivity contribution in [2.75, 3.05) is 0 Å². The molecule has 0 aliphatic heterocycles. The molecular formula is C13H10F17NO3. The SMILES string of the molecule is CCC(C)NC(=O)C(F)(OC(F)(F)C(F)(OC(F)(F)C(F)(F)C(F)(F)F)C(F)(F)F)C(F)(F)F. The number of rotatable bonds is 9. The first-order valence-electron chi connectivity index (χ1n) is 7.96. The van der Waals surface area contributed by atoms with Crippen LogP contribution in [0.15, 0.2) is 0 Å². The summed E-state index contributed by atoms with van der Waals surface area (Å²) in [6, 6.07) is -1.56. The van der Waals surface area contributed by atoms with Crippen LogP contribution in [-0.4, -0.2) is 60.3 Å². The van der Waals surface area contributed by atoms with Crippen LogP contribution in [-0.2, 0) is 14.3 Å². The molecule has 0 aromatic carbocycles. The largest absolute Gasteiger partial charge is 0.462 e. The van der Waals surface area contributed by atoms with Gasteiger partial charge in [-0.15, -0.1) is 0 Å². The Morgan fingerprint density at radius 2 is 1.09 bits per heavy atom. The maximum atomic E-state index is 14.1. The van der Waals surface area contributed by atoms with Crippen LogP contribution in [0.1, 0.15) is 20.3 Å². The van der Waals surface area contributed by atoms with Crippen LogP contribution in [0, 0.1) is 0 Å². The molecule has 3 unspecified atom stereocenters. The van der Waals surface area contributed by atoms with Gasteiger partial charge in [-0.1, -0.05) is 6.92 Å². The van der Waals surface area contributed by atoms with E-state index in [0.29, 0.717) is 0 Å². The van der Waals surface area contributed by atoms with E-state index in [9.17, 15) is 79.4 Å². The summed E-state index contributed by atoms with van der Waals surface area (Å²) in [5.74, 6) is -26.0. The second-order valence-electron chi connectivity index (χ2n) is 6.28. The van der Waals surface area contributed by atoms with Gasteiger partial charge in [0.2, 0.25) is 0 Å². The molecule has 21 heteroatoms. The average Bonchev–Trinajstić information content (AvgIpc) is 2.57. The number of ether oxygens (including phenoxy) is 2. The van der Waals surface area contributed by atoms with Crippen molar-refractivity contribution in [3.8, 4) is 0 Å². The molecule has 4 nitrogen and oxygen atoms in total. The first-order chi connectivity index (χ1) is 14.5. The fourth-order valence-corrected chi connectivity index (χ4v) is 1.58. The third kappa shape index (κ3) is 5.70. The molecule has 0 bridgehead atoms. The zero-order chi connectivity index (χ0) is 28.0. The van der Waals surface area contributed by atoms with Crippen LogP contribution in [0.3, 0.4) is 0 Å². The highest BCUT2D eigenvalue weighted by molar-refractivity contribution is 5.84. The fraction of sp³-hybridized carbons (Fsp3) is 0.923. The van der Waals surface area contributed by atoms with Crippen molar-refractivity contribution in [2.24, 2.45) is 0 Å². The van der Waals surface area contributed by atoms with E-state index in [1.165, 1.54) is 4.74 Å². The summed E-state index contributed by atoms with van der Waals surface area (Å²) in [6.07, 6.45) is -38.8. The van der Waals surface area contributed by atoms with Crippen molar-refractivity contribution < 1.29 is 88.9 Å². The van der Waals surface area contributed by atoms with Crippen molar-refractivity contribution in [1.29, 1.82) is 0 Å². The monoisotopic (exact) mass is 551 g/mol. The van der Waals surface area contributed by atoms with Gasteiger partial charge in [0.1, 0.15) is 0 Å². The lowest BCUT2D eigenvalue weighted by Crippen LogP contribution is -2.69. The van der Waals surface area contributed by atoms with Gasteiger partial charge in [0.15, 0.2) is 0 Å². The molecule has 0 spiro atoms. The topological polar surface area (TPSA) is 47.6 Å². The first kappa shape index (κ1) is 32.2. The van der Waals surface area contributed by atoms with Crippen molar-refractivity contribution in [2.45, 2.75) is 74.7 Å². The maximum absolute atomic E-state index is 14.1. The van der Waals surface area contributed by atoms with E-state index in [0.717, 1.165) is 19.2 Å². The zero-order valence-corrected chi connectivity index (χ0v) is 15.9. The third-order valence-corrected chi connectivity index (χ3v) is 3.64. The third-order valence-electron chi connectivity index (χ3n) is 3.64. The number of halogens is 17. The number of hydrogen-bond donors (Lipinski definition) is 1. The molecule has 0 fully saturated rings. The molecule has 0 aliphatic carbocycles.